The van der Waals surface area contributed by atoms with Crippen LogP contribution in [0.4, 0.5) is 0 Å². The third-order valence-electron chi connectivity index (χ3n) is 4.53. The lowest BCUT2D eigenvalue weighted by Gasteiger charge is -2.12. The van der Waals surface area contributed by atoms with Crippen molar-refractivity contribution < 1.29 is 25.9 Å². The molecule has 7 nitrogen and oxygen atoms in total. The Hall–Kier alpha value is -2.75. The largest absolute Gasteiger partial charge is 0.325 e. The zero-order valence-corrected chi connectivity index (χ0v) is 19.7. The number of fused-ring (bicyclic) bond motifs is 1. The Morgan fingerprint density at radius 2 is 1.56 bits per heavy atom. The quantitative estimate of drug-likeness (QED) is 0.264. The Kier molecular flexibility index (Phi) is 7.02. The Bertz CT molecular complexity index is 1410. The molecule has 3 rings (SSSR count). The zero-order chi connectivity index (χ0) is 23.5. The summed E-state index contributed by atoms with van der Waals surface area (Å²) in [4.78, 5) is 13.6. The van der Waals surface area contributed by atoms with Gasteiger partial charge in [0, 0.05) is 21.5 Å². The molecule has 0 saturated heterocycles. The molecule has 0 saturated carbocycles. The van der Waals surface area contributed by atoms with Crippen LogP contribution in [0.2, 0.25) is 5.02 Å². The van der Waals surface area contributed by atoms with Crippen LogP contribution in [0.15, 0.2) is 70.7 Å². The van der Waals surface area contributed by atoms with E-state index in [4.69, 9.17) is 11.6 Å². The number of rotatable bonds is 8. The van der Waals surface area contributed by atoms with E-state index in [1.165, 1.54) is 36.4 Å². The second-order valence-electron chi connectivity index (χ2n) is 7.03. The summed E-state index contributed by atoms with van der Waals surface area (Å²) in [7, 11) is -7.52. The lowest BCUT2D eigenvalue weighted by molar-refractivity contribution is 0.106. The van der Waals surface area contributed by atoms with E-state index in [-0.39, 0.29) is 27.5 Å². The van der Waals surface area contributed by atoms with E-state index in [1.807, 2.05) is 0 Å². The maximum Gasteiger partial charge on any atom is 0.325 e. The van der Waals surface area contributed by atoms with Crippen molar-refractivity contribution in [3.8, 4) is 0 Å². The van der Waals surface area contributed by atoms with Crippen LogP contribution in [0.1, 0.15) is 29.3 Å². The van der Waals surface area contributed by atoms with Crippen LogP contribution in [-0.2, 0) is 24.2 Å². The third kappa shape index (κ3) is 5.35. The number of carbonyl (C=O) groups excluding carboxylic acids is 1. The number of benzene rings is 3. The molecular weight excluding hydrogens is 474 g/mol. The average molecular weight is 494 g/mol. The van der Waals surface area contributed by atoms with E-state index in [1.54, 1.807) is 31.2 Å². The molecule has 3 aromatic rings. The topological polar surface area (TPSA) is 107 Å². The van der Waals surface area contributed by atoms with Gasteiger partial charge in [-0.25, -0.2) is 8.42 Å². The number of nitrogens with zero attached hydrogens (tertiary/aromatic N) is 1. The van der Waals surface area contributed by atoms with Gasteiger partial charge in [-0.1, -0.05) is 60.1 Å². The van der Waals surface area contributed by atoms with Crippen molar-refractivity contribution in [3.63, 3.8) is 0 Å². The molecule has 0 fully saturated rings. The van der Waals surface area contributed by atoms with Crippen molar-refractivity contribution in [2.45, 2.75) is 18.2 Å². The van der Waals surface area contributed by atoms with Gasteiger partial charge in [0.05, 0.1) is 16.9 Å². The van der Waals surface area contributed by atoms with E-state index < -0.39 is 25.7 Å². The van der Waals surface area contributed by atoms with Crippen molar-refractivity contribution >= 4 is 53.8 Å². The third-order valence-corrected chi connectivity index (χ3v) is 7.10. The van der Waals surface area contributed by atoms with Crippen LogP contribution in [0.25, 0.3) is 10.8 Å². The van der Waals surface area contributed by atoms with Crippen LogP contribution >= 0.6 is 11.6 Å². The Morgan fingerprint density at radius 3 is 2.16 bits per heavy atom. The normalized spacial score (nSPS) is 12.7. The van der Waals surface area contributed by atoms with Crippen molar-refractivity contribution in [3.05, 3.63) is 76.8 Å². The molecule has 0 unspecified atom stereocenters. The van der Waals surface area contributed by atoms with Crippen molar-refractivity contribution in [2.24, 2.45) is 5.16 Å². The number of sulfone groups is 1. The van der Waals surface area contributed by atoms with Crippen LogP contribution in [0, 0.1) is 0 Å². The second kappa shape index (κ2) is 9.40. The van der Waals surface area contributed by atoms with Crippen LogP contribution in [-0.4, -0.2) is 40.3 Å². The number of hydrogen-bond donors (Lipinski definition) is 0. The van der Waals surface area contributed by atoms with Gasteiger partial charge in [0.15, 0.2) is 15.5 Å². The van der Waals surface area contributed by atoms with Crippen LogP contribution < -0.4 is 0 Å². The first-order valence-electron chi connectivity index (χ1n) is 9.55. The lowest BCUT2D eigenvalue weighted by Crippen LogP contribution is -2.18. The Balaban J connectivity index is 2.21. The first-order valence-corrected chi connectivity index (χ1v) is 13.4. The van der Waals surface area contributed by atoms with E-state index in [9.17, 15) is 21.6 Å². The second-order valence-corrected chi connectivity index (χ2v) is 11.1. The molecule has 0 spiro atoms. The van der Waals surface area contributed by atoms with Gasteiger partial charge in [-0.3, -0.25) is 9.08 Å². The van der Waals surface area contributed by atoms with Gasteiger partial charge in [0.25, 0.3) is 0 Å². The van der Waals surface area contributed by atoms with E-state index in [2.05, 4.69) is 9.44 Å². The predicted molar refractivity (Wildman–Crippen MR) is 125 cm³/mol. The van der Waals surface area contributed by atoms with E-state index in [0.29, 0.717) is 22.2 Å². The molecule has 0 aliphatic rings. The van der Waals surface area contributed by atoms with Crippen molar-refractivity contribution in [1.82, 2.24) is 0 Å². The lowest BCUT2D eigenvalue weighted by atomic mass is 9.96. The molecule has 0 aliphatic carbocycles. The predicted octanol–water partition coefficient (Wildman–Crippen LogP) is 4.24. The summed E-state index contributed by atoms with van der Waals surface area (Å²) >= 11 is 5.92. The van der Waals surface area contributed by atoms with Gasteiger partial charge in [-0.15, -0.1) is 0 Å². The molecule has 0 radical (unpaired) electrons. The van der Waals surface area contributed by atoms with Crippen LogP contribution in [0.5, 0.6) is 0 Å². The van der Waals surface area contributed by atoms with Gasteiger partial charge in [-0.05, 0) is 36.1 Å². The molecule has 0 amide bonds. The summed E-state index contributed by atoms with van der Waals surface area (Å²) < 4.78 is 53.0. The number of Topliss-reactive ketones (excluding diaryl/α,β-unsaturated/α-hetero) is 1. The minimum Gasteiger partial charge on any atom is -0.287 e. The van der Waals surface area contributed by atoms with Gasteiger partial charge in [-0.2, -0.15) is 8.42 Å². The Morgan fingerprint density at radius 1 is 0.938 bits per heavy atom. The fraction of sp³-hybridized carbons (Fsp3) is 0.182. The fourth-order valence-electron chi connectivity index (χ4n) is 3.18. The number of ketones is 1. The molecule has 0 atom stereocenters. The highest BCUT2D eigenvalue weighted by Crippen LogP contribution is 2.28. The zero-order valence-electron chi connectivity index (χ0n) is 17.3. The maximum atomic E-state index is 13.5. The minimum atomic E-state index is -3.97. The van der Waals surface area contributed by atoms with E-state index >= 15 is 0 Å². The standard InChI is InChI=1S/C22H20ClNO6S2/c1-3-14-32(28,29)20-13-12-19(17-6-4-5-7-18(17)20)22(25)21(24-30-31(2,26)27)15-8-10-16(23)11-9-15/h4-13H,3,14H2,1-2H3/b24-21+. The smallest absolute Gasteiger partial charge is 0.287 e. The molecule has 0 bridgehead atoms. The maximum absolute atomic E-state index is 13.5. The highest BCUT2D eigenvalue weighted by molar-refractivity contribution is 7.91. The molecule has 3 aromatic carbocycles. The highest BCUT2D eigenvalue weighted by atomic mass is 35.5. The average Bonchev–Trinajstić information content (AvgIpc) is 2.73. The molecule has 0 heterocycles. The number of hydrogen-bond acceptors (Lipinski definition) is 7. The molecule has 0 aromatic heterocycles. The molecule has 168 valence electrons. The molecule has 0 N–H and O–H groups in total. The summed E-state index contributed by atoms with van der Waals surface area (Å²) in [6, 6.07) is 15.5. The minimum absolute atomic E-state index is 0.0238. The van der Waals surface area contributed by atoms with E-state index in [0.717, 1.165) is 6.26 Å². The summed E-state index contributed by atoms with van der Waals surface area (Å²) in [5, 5.41) is 4.81. The monoisotopic (exact) mass is 493 g/mol. The first-order chi connectivity index (χ1) is 15.0. The van der Waals surface area contributed by atoms with Crippen LogP contribution in [0.3, 0.4) is 0 Å². The molecule has 10 heteroatoms. The molecule has 0 aliphatic heterocycles. The summed E-state index contributed by atoms with van der Waals surface area (Å²) in [5.74, 6) is -0.657. The van der Waals surface area contributed by atoms with Gasteiger partial charge in [0.1, 0.15) is 0 Å². The molecular formula is C22H20ClNO6S2. The number of oxime groups is 1. The first kappa shape index (κ1) is 23.9. The number of carbonyl (C=O) groups is 1. The fourth-order valence-corrected chi connectivity index (χ4v) is 5.07. The summed E-state index contributed by atoms with van der Waals surface area (Å²) in [6.07, 6.45) is 1.26. The van der Waals surface area contributed by atoms with Gasteiger partial charge >= 0.3 is 10.1 Å². The summed E-state index contributed by atoms with van der Waals surface area (Å²) in [6.45, 7) is 1.77. The highest BCUT2D eigenvalue weighted by Gasteiger charge is 2.24. The van der Waals surface area contributed by atoms with Crippen molar-refractivity contribution in [1.29, 1.82) is 0 Å². The van der Waals surface area contributed by atoms with Gasteiger partial charge in [0.2, 0.25) is 5.78 Å². The van der Waals surface area contributed by atoms with Gasteiger partial charge < -0.3 is 0 Å². The number of halogens is 1. The Labute approximate surface area is 191 Å². The van der Waals surface area contributed by atoms with Crippen molar-refractivity contribution in [2.75, 3.05) is 12.0 Å². The summed E-state index contributed by atoms with van der Waals surface area (Å²) in [5.41, 5.74) is 0.179. The SMILES string of the molecule is CCCS(=O)(=O)c1ccc(C(=O)/C(=N/OS(C)(=O)=O)c2ccc(Cl)cc2)c2ccccc12. The molecule has 32 heavy (non-hydrogen) atoms.